The van der Waals surface area contributed by atoms with E-state index in [0.29, 0.717) is 25.1 Å². The van der Waals surface area contributed by atoms with E-state index in [9.17, 15) is 24.2 Å². The number of carbonyl (C=O) groups excluding carboxylic acids is 2. The van der Waals surface area contributed by atoms with Crippen molar-refractivity contribution in [3.8, 4) is 22.3 Å². The van der Waals surface area contributed by atoms with Crippen LogP contribution in [0.3, 0.4) is 0 Å². The van der Waals surface area contributed by atoms with Gasteiger partial charge in [-0.2, -0.15) is 0 Å². The van der Waals surface area contributed by atoms with Crippen LogP contribution in [0.25, 0.3) is 22.3 Å². The van der Waals surface area contributed by atoms with Gasteiger partial charge >= 0.3 is 5.97 Å². The molecule has 0 aliphatic carbocycles. The minimum atomic E-state index is -1.07. The van der Waals surface area contributed by atoms with Crippen molar-refractivity contribution < 1.29 is 28.9 Å². The molecule has 4 aromatic rings. The number of carbonyl (C=O) groups is 2. The summed E-state index contributed by atoms with van der Waals surface area (Å²) in [5.74, 6) is -1.15. The van der Waals surface area contributed by atoms with E-state index in [-0.39, 0.29) is 37.0 Å². The van der Waals surface area contributed by atoms with Crippen molar-refractivity contribution in [2.75, 3.05) is 6.54 Å². The lowest BCUT2D eigenvalue weighted by molar-refractivity contribution is -0.157. The SMILES string of the molecule is CC(C)n1c(CCC(O)CC(O)CC(=O)OC(C)(C)C)c(-c2ccc(F)cc2)c(-c2ccccc2)c1C(=O)NCCc1cccnc1. The number of aliphatic hydroxyl groups excluding tert-OH is 2. The number of benzene rings is 2. The number of aromatic nitrogens is 2. The fourth-order valence-electron chi connectivity index (χ4n) is 5.83. The maximum Gasteiger partial charge on any atom is 0.308 e. The minimum Gasteiger partial charge on any atom is -0.460 e. The maximum absolute atomic E-state index is 14.2. The second-order valence-corrected chi connectivity index (χ2v) is 13.1. The number of nitrogens with zero attached hydrogens (tertiary/aromatic N) is 2. The number of nitrogens with one attached hydrogen (secondary N) is 1. The van der Waals surface area contributed by atoms with Crippen LogP contribution in [0.15, 0.2) is 79.1 Å². The summed E-state index contributed by atoms with van der Waals surface area (Å²) in [4.78, 5) is 30.6. The molecule has 2 unspecified atom stereocenters. The van der Waals surface area contributed by atoms with Crippen molar-refractivity contribution in [2.24, 2.45) is 0 Å². The number of hydrogen-bond acceptors (Lipinski definition) is 6. The average molecular weight is 644 g/mol. The van der Waals surface area contributed by atoms with Crippen LogP contribution in [-0.2, 0) is 22.4 Å². The van der Waals surface area contributed by atoms with E-state index in [1.165, 1.54) is 12.1 Å². The fourth-order valence-corrected chi connectivity index (χ4v) is 5.83. The molecule has 9 heteroatoms. The molecule has 1 amide bonds. The van der Waals surface area contributed by atoms with Crippen molar-refractivity contribution in [3.05, 3.63) is 102 Å². The first-order valence-electron chi connectivity index (χ1n) is 16.2. The smallest absolute Gasteiger partial charge is 0.308 e. The summed E-state index contributed by atoms with van der Waals surface area (Å²) in [6, 6.07) is 19.5. The molecule has 8 nitrogen and oxygen atoms in total. The van der Waals surface area contributed by atoms with Crippen molar-refractivity contribution in [1.29, 1.82) is 0 Å². The lowest BCUT2D eigenvalue weighted by atomic mass is 9.92. The number of rotatable bonds is 14. The number of ether oxygens (including phenoxy) is 1. The molecular weight excluding hydrogens is 597 g/mol. The maximum atomic E-state index is 14.2. The third-order valence-corrected chi connectivity index (χ3v) is 7.74. The first-order chi connectivity index (χ1) is 22.3. The minimum absolute atomic E-state index is 0.0132. The molecule has 47 heavy (non-hydrogen) atoms. The molecule has 0 bridgehead atoms. The predicted molar refractivity (Wildman–Crippen MR) is 181 cm³/mol. The van der Waals surface area contributed by atoms with Gasteiger partial charge in [0, 0.05) is 41.8 Å². The molecule has 250 valence electrons. The van der Waals surface area contributed by atoms with E-state index in [1.54, 1.807) is 45.3 Å². The van der Waals surface area contributed by atoms with Crippen LogP contribution < -0.4 is 5.32 Å². The highest BCUT2D eigenvalue weighted by Crippen LogP contribution is 2.42. The van der Waals surface area contributed by atoms with Gasteiger partial charge in [-0.05, 0) is 95.2 Å². The molecule has 0 aliphatic rings. The third kappa shape index (κ3) is 9.83. The highest BCUT2D eigenvalue weighted by atomic mass is 19.1. The largest absolute Gasteiger partial charge is 0.460 e. The van der Waals surface area contributed by atoms with E-state index < -0.39 is 23.8 Å². The van der Waals surface area contributed by atoms with Gasteiger partial charge in [0.05, 0.1) is 18.6 Å². The quantitative estimate of drug-likeness (QED) is 0.132. The predicted octanol–water partition coefficient (Wildman–Crippen LogP) is 6.69. The summed E-state index contributed by atoms with van der Waals surface area (Å²) in [7, 11) is 0. The van der Waals surface area contributed by atoms with Crippen LogP contribution >= 0.6 is 0 Å². The van der Waals surface area contributed by atoms with E-state index in [2.05, 4.69) is 10.3 Å². The number of aliphatic hydroxyl groups is 2. The molecule has 0 radical (unpaired) electrons. The topological polar surface area (TPSA) is 114 Å². The molecule has 0 aliphatic heterocycles. The van der Waals surface area contributed by atoms with Gasteiger partial charge in [0.15, 0.2) is 0 Å². The van der Waals surface area contributed by atoms with Crippen LogP contribution in [0, 0.1) is 5.82 Å². The van der Waals surface area contributed by atoms with Gasteiger partial charge < -0.3 is 24.8 Å². The lowest BCUT2D eigenvalue weighted by Crippen LogP contribution is -2.29. The number of esters is 1. The molecular formula is C38H46FN3O5. The van der Waals surface area contributed by atoms with Crippen molar-refractivity contribution in [3.63, 3.8) is 0 Å². The molecule has 0 fully saturated rings. The van der Waals surface area contributed by atoms with E-state index in [0.717, 1.165) is 33.5 Å². The molecule has 3 N–H and O–H groups in total. The van der Waals surface area contributed by atoms with E-state index in [1.807, 2.05) is 60.9 Å². The standard InChI is InChI=1S/C38H46FN3O5/c1-25(2)42-32(18-17-30(43)22-31(44)23-33(45)47-38(3,4)5)34(28-13-15-29(39)16-14-28)35(27-11-7-6-8-12-27)36(42)37(46)41-21-19-26-10-9-20-40-24-26/h6-16,20,24-25,30-31,43-44H,17-19,21-23H2,1-5H3,(H,41,46). The normalized spacial score (nSPS) is 13.0. The second-order valence-electron chi connectivity index (χ2n) is 13.1. The molecule has 4 rings (SSSR count). The van der Waals surface area contributed by atoms with Gasteiger partial charge in [0.1, 0.15) is 17.1 Å². The lowest BCUT2D eigenvalue weighted by Gasteiger charge is -2.22. The Labute approximate surface area is 276 Å². The van der Waals surface area contributed by atoms with E-state index in [4.69, 9.17) is 4.74 Å². The van der Waals surface area contributed by atoms with Gasteiger partial charge in [-0.15, -0.1) is 0 Å². The molecule has 2 heterocycles. The Hall–Kier alpha value is -4.34. The molecule has 0 saturated heterocycles. The summed E-state index contributed by atoms with van der Waals surface area (Å²) in [6.45, 7) is 9.67. The van der Waals surface area contributed by atoms with Crippen LogP contribution in [0.5, 0.6) is 0 Å². The highest BCUT2D eigenvalue weighted by Gasteiger charge is 2.30. The zero-order chi connectivity index (χ0) is 34.1. The van der Waals surface area contributed by atoms with Gasteiger partial charge in [0.25, 0.3) is 5.91 Å². The summed E-state index contributed by atoms with van der Waals surface area (Å²) in [6.07, 6.45) is 2.47. The van der Waals surface area contributed by atoms with Crippen LogP contribution in [0.1, 0.15) is 81.7 Å². The van der Waals surface area contributed by atoms with Crippen LogP contribution in [-0.4, -0.2) is 56.0 Å². The van der Waals surface area contributed by atoms with Gasteiger partial charge in [-0.3, -0.25) is 14.6 Å². The molecule has 2 aromatic heterocycles. The number of amides is 1. The Kier molecular flexibility index (Phi) is 12.1. The fraction of sp³-hybridized carbons (Fsp3) is 0.395. The van der Waals surface area contributed by atoms with Crippen molar-refractivity contribution in [2.45, 2.75) is 90.6 Å². The first-order valence-corrected chi connectivity index (χ1v) is 16.2. The van der Waals surface area contributed by atoms with Crippen molar-refractivity contribution in [1.82, 2.24) is 14.9 Å². The van der Waals surface area contributed by atoms with E-state index >= 15 is 0 Å². The number of halogens is 1. The summed E-state index contributed by atoms with van der Waals surface area (Å²) >= 11 is 0. The number of hydrogen-bond donors (Lipinski definition) is 3. The number of pyridine rings is 1. The molecule has 0 saturated carbocycles. The Morgan fingerprint density at radius 1 is 0.915 bits per heavy atom. The average Bonchev–Trinajstić information content (AvgIpc) is 3.36. The zero-order valence-electron chi connectivity index (χ0n) is 27.9. The monoisotopic (exact) mass is 643 g/mol. The first kappa shape index (κ1) is 35.5. The highest BCUT2D eigenvalue weighted by molar-refractivity contribution is 6.05. The molecule has 2 atom stereocenters. The third-order valence-electron chi connectivity index (χ3n) is 7.74. The second kappa shape index (κ2) is 16.0. The summed E-state index contributed by atoms with van der Waals surface area (Å²) in [5.41, 5.74) is 4.69. The summed E-state index contributed by atoms with van der Waals surface area (Å²) < 4.78 is 21.5. The molecule has 2 aromatic carbocycles. The molecule has 0 spiro atoms. The summed E-state index contributed by atoms with van der Waals surface area (Å²) in [5, 5.41) is 24.7. The Bertz CT molecular complexity index is 1610. The Morgan fingerprint density at radius 3 is 2.21 bits per heavy atom. The van der Waals surface area contributed by atoms with Gasteiger partial charge in [-0.25, -0.2) is 4.39 Å². The van der Waals surface area contributed by atoms with Crippen LogP contribution in [0.2, 0.25) is 0 Å². The zero-order valence-corrected chi connectivity index (χ0v) is 27.9. The van der Waals surface area contributed by atoms with Gasteiger partial charge in [0.2, 0.25) is 0 Å². The Morgan fingerprint density at radius 2 is 1.60 bits per heavy atom. The van der Waals surface area contributed by atoms with Crippen molar-refractivity contribution >= 4 is 11.9 Å². The Balaban J connectivity index is 1.72. The van der Waals surface area contributed by atoms with Gasteiger partial charge in [-0.1, -0.05) is 48.5 Å². The van der Waals surface area contributed by atoms with Crippen LogP contribution in [0.4, 0.5) is 4.39 Å².